The zero-order chi connectivity index (χ0) is 13.5. The van der Waals surface area contributed by atoms with Gasteiger partial charge in [-0.25, -0.2) is 0 Å². The molecule has 2 aromatic rings. The minimum Gasteiger partial charge on any atom is -0.390 e. The van der Waals surface area contributed by atoms with Gasteiger partial charge in [-0.2, -0.15) is 0 Å². The van der Waals surface area contributed by atoms with E-state index in [1.807, 2.05) is 0 Å². The molecule has 0 aliphatic heterocycles. The van der Waals surface area contributed by atoms with Crippen LogP contribution in [0.1, 0.15) is 26.7 Å². The van der Waals surface area contributed by atoms with Crippen molar-refractivity contribution in [3.8, 4) is 0 Å². The molecule has 2 aromatic carbocycles. The molecule has 0 fully saturated rings. The summed E-state index contributed by atoms with van der Waals surface area (Å²) in [6, 6.07) is 14.8. The maximum absolute atomic E-state index is 5.97. The first-order valence-corrected chi connectivity index (χ1v) is 8.29. The Balaban J connectivity index is 2.31. The second kappa shape index (κ2) is 7.43. The van der Waals surface area contributed by atoms with Crippen molar-refractivity contribution in [3.63, 3.8) is 0 Å². The Labute approximate surface area is 117 Å². The van der Waals surface area contributed by atoms with Crippen LogP contribution in [-0.2, 0) is 8.85 Å². The van der Waals surface area contributed by atoms with Crippen LogP contribution < -0.4 is 5.19 Å². The van der Waals surface area contributed by atoms with Crippen LogP contribution in [0.3, 0.4) is 0 Å². The molecule has 0 aromatic heterocycles. The lowest BCUT2D eigenvalue weighted by Crippen LogP contribution is -2.38. The van der Waals surface area contributed by atoms with Crippen molar-refractivity contribution in [1.29, 1.82) is 0 Å². The van der Waals surface area contributed by atoms with Crippen LogP contribution in [0.25, 0.3) is 10.8 Å². The van der Waals surface area contributed by atoms with Crippen molar-refractivity contribution < 1.29 is 8.85 Å². The van der Waals surface area contributed by atoms with Crippen molar-refractivity contribution in [3.05, 3.63) is 42.5 Å². The Hall–Kier alpha value is -1.16. The van der Waals surface area contributed by atoms with E-state index in [0.29, 0.717) is 0 Å². The quantitative estimate of drug-likeness (QED) is 0.720. The predicted molar refractivity (Wildman–Crippen MR) is 81.8 cm³/mol. The lowest BCUT2D eigenvalue weighted by atomic mass is 10.1. The number of fused-ring (bicyclic) bond motifs is 1. The maximum atomic E-state index is 5.97. The van der Waals surface area contributed by atoms with Gasteiger partial charge in [-0.3, -0.25) is 0 Å². The van der Waals surface area contributed by atoms with Crippen molar-refractivity contribution in [1.82, 2.24) is 0 Å². The van der Waals surface area contributed by atoms with Crippen LogP contribution in [0.2, 0.25) is 0 Å². The first kappa shape index (κ1) is 14.3. The highest BCUT2D eigenvalue weighted by Gasteiger charge is 2.20. The molecule has 19 heavy (non-hydrogen) atoms. The van der Waals surface area contributed by atoms with E-state index in [2.05, 4.69) is 56.3 Å². The predicted octanol–water partition coefficient (Wildman–Crippen LogP) is 3.39. The summed E-state index contributed by atoms with van der Waals surface area (Å²) in [5.74, 6) is 0. The minimum absolute atomic E-state index is 0.765. The van der Waals surface area contributed by atoms with Crippen LogP contribution in [0.4, 0.5) is 0 Å². The monoisotopic (exact) mass is 273 g/mol. The van der Waals surface area contributed by atoms with Gasteiger partial charge in [0.05, 0.1) is 0 Å². The zero-order valence-electron chi connectivity index (χ0n) is 11.7. The van der Waals surface area contributed by atoms with Gasteiger partial charge in [-0.1, -0.05) is 56.3 Å². The fourth-order valence-corrected chi connectivity index (χ4v) is 3.84. The van der Waals surface area contributed by atoms with Gasteiger partial charge in [0, 0.05) is 18.4 Å². The number of hydrogen-bond acceptors (Lipinski definition) is 2. The SMILES string of the molecule is CCCO[Si](OCCC)c1cccc2ccccc12. The summed E-state index contributed by atoms with van der Waals surface area (Å²) >= 11 is 0. The van der Waals surface area contributed by atoms with Crippen molar-refractivity contribution in [2.45, 2.75) is 26.7 Å². The normalized spacial score (nSPS) is 11.3. The van der Waals surface area contributed by atoms with Crippen LogP contribution in [0, 0.1) is 0 Å². The minimum atomic E-state index is -1.37. The van der Waals surface area contributed by atoms with E-state index in [1.165, 1.54) is 16.0 Å². The molecule has 0 aliphatic rings. The van der Waals surface area contributed by atoms with E-state index in [9.17, 15) is 0 Å². The van der Waals surface area contributed by atoms with Gasteiger partial charge in [0.2, 0.25) is 0 Å². The summed E-state index contributed by atoms with van der Waals surface area (Å²) in [6.45, 7) is 5.78. The van der Waals surface area contributed by atoms with Gasteiger partial charge >= 0.3 is 9.28 Å². The van der Waals surface area contributed by atoms with E-state index in [4.69, 9.17) is 8.85 Å². The Kier molecular flexibility index (Phi) is 5.57. The standard InChI is InChI=1S/C16H21O2Si/c1-3-12-17-19(18-13-4-2)16-11-7-9-14-8-5-6-10-15(14)16/h5-11H,3-4,12-13H2,1-2H3. The fourth-order valence-electron chi connectivity index (χ4n) is 1.99. The summed E-state index contributed by atoms with van der Waals surface area (Å²) in [6.07, 6.45) is 2.04. The van der Waals surface area contributed by atoms with E-state index < -0.39 is 9.28 Å². The van der Waals surface area contributed by atoms with E-state index in [0.717, 1.165) is 26.1 Å². The molecule has 0 saturated carbocycles. The number of rotatable bonds is 7. The molecule has 0 atom stereocenters. The van der Waals surface area contributed by atoms with Crippen LogP contribution >= 0.6 is 0 Å². The van der Waals surface area contributed by atoms with E-state index in [1.54, 1.807) is 0 Å². The molecule has 0 spiro atoms. The first-order chi connectivity index (χ1) is 9.36. The molecule has 101 valence electrons. The molecule has 0 amide bonds. The molecule has 0 aliphatic carbocycles. The van der Waals surface area contributed by atoms with Crippen LogP contribution in [-0.4, -0.2) is 22.5 Å². The van der Waals surface area contributed by atoms with Gasteiger partial charge < -0.3 is 8.85 Å². The van der Waals surface area contributed by atoms with Gasteiger partial charge in [0.1, 0.15) is 0 Å². The van der Waals surface area contributed by atoms with E-state index in [-0.39, 0.29) is 0 Å². The highest BCUT2D eigenvalue weighted by molar-refractivity contribution is 6.64. The molecule has 0 bridgehead atoms. The Morgan fingerprint density at radius 2 is 1.47 bits per heavy atom. The zero-order valence-corrected chi connectivity index (χ0v) is 12.7. The Morgan fingerprint density at radius 3 is 2.16 bits per heavy atom. The van der Waals surface area contributed by atoms with Crippen LogP contribution in [0.5, 0.6) is 0 Å². The summed E-state index contributed by atoms with van der Waals surface area (Å²) in [5.41, 5.74) is 0. The molecule has 0 N–H and O–H groups in total. The smallest absolute Gasteiger partial charge is 0.390 e. The average molecular weight is 273 g/mol. The van der Waals surface area contributed by atoms with Gasteiger partial charge in [0.15, 0.2) is 0 Å². The third-order valence-corrected chi connectivity index (χ3v) is 4.69. The Bertz CT molecular complexity index is 500. The topological polar surface area (TPSA) is 18.5 Å². The lowest BCUT2D eigenvalue weighted by molar-refractivity contribution is 0.208. The summed E-state index contributed by atoms with van der Waals surface area (Å²) < 4.78 is 11.9. The second-order valence-corrected chi connectivity index (χ2v) is 6.20. The Morgan fingerprint density at radius 1 is 0.842 bits per heavy atom. The largest absolute Gasteiger partial charge is 0.424 e. The maximum Gasteiger partial charge on any atom is 0.424 e. The summed E-state index contributed by atoms with van der Waals surface area (Å²) in [4.78, 5) is 0. The molecule has 0 saturated heterocycles. The molecule has 2 rings (SSSR count). The van der Waals surface area contributed by atoms with Gasteiger partial charge in [-0.15, -0.1) is 0 Å². The highest BCUT2D eigenvalue weighted by atomic mass is 28.3. The molecular weight excluding hydrogens is 252 g/mol. The molecule has 1 radical (unpaired) electrons. The fraction of sp³-hybridized carbons (Fsp3) is 0.375. The second-order valence-electron chi connectivity index (χ2n) is 4.51. The molecule has 2 nitrogen and oxygen atoms in total. The molecule has 0 unspecified atom stereocenters. The number of benzene rings is 2. The molecular formula is C16H21O2Si. The van der Waals surface area contributed by atoms with Crippen molar-refractivity contribution >= 4 is 25.2 Å². The molecule has 0 heterocycles. The third-order valence-electron chi connectivity index (χ3n) is 2.88. The average Bonchev–Trinajstić information content (AvgIpc) is 2.47. The summed E-state index contributed by atoms with van der Waals surface area (Å²) in [5, 5.41) is 3.73. The number of hydrogen-bond donors (Lipinski definition) is 0. The van der Waals surface area contributed by atoms with Gasteiger partial charge in [0.25, 0.3) is 0 Å². The first-order valence-electron chi connectivity index (χ1n) is 6.97. The van der Waals surface area contributed by atoms with Gasteiger partial charge in [-0.05, 0) is 23.6 Å². The van der Waals surface area contributed by atoms with Crippen molar-refractivity contribution in [2.24, 2.45) is 0 Å². The lowest BCUT2D eigenvalue weighted by Gasteiger charge is -2.16. The van der Waals surface area contributed by atoms with Crippen LogP contribution in [0.15, 0.2) is 42.5 Å². The van der Waals surface area contributed by atoms with Crippen molar-refractivity contribution in [2.75, 3.05) is 13.2 Å². The summed E-state index contributed by atoms with van der Waals surface area (Å²) in [7, 11) is -1.37. The van der Waals surface area contributed by atoms with E-state index >= 15 is 0 Å². The molecule has 3 heteroatoms. The highest BCUT2D eigenvalue weighted by Crippen LogP contribution is 2.12. The third kappa shape index (κ3) is 3.66.